The first kappa shape index (κ1) is 21.5. The van der Waals surface area contributed by atoms with Crippen molar-refractivity contribution in [2.75, 3.05) is 31.5 Å². The zero-order chi connectivity index (χ0) is 21.5. The van der Waals surface area contributed by atoms with Gasteiger partial charge < -0.3 is 16.0 Å². The third-order valence-electron chi connectivity index (χ3n) is 5.40. The quantitative estimate of drug-likeness (QED) is 0.699. The second-order valence-corrected chi connectivity index (χ2v) is 7.44. The SMILES string of the molecule is CCN(CCC(=O)Nc1ccc(C(N)=O)cc1)CC(=O)N1CCc2ccccc2C1. The average Bonchev–Trinajstić information content (AvgIpc) is 2.76. The second kappa shape index (κ2) is 10.0. The number of hydrogen-bond donors (Lipinski definition) is 2. The Kier molecular flexibility index (Phi) is 7.19. The van der Waals surface area contributed by atoms with E-state index in [0.29, 0.717) is 37.4 Å². The third kappa shape index (κ3) is 5.67. The highest BCUT2D eigenvalue weighted by Crippen LogP contribution is 2.18. The van der Waals surface area contributed by atoms with Crippen molar-refractivity contribution < 1.29 is 14.4 Å². The maximum Gasteiger partial charge on any atom is 0.248 e. The van der Waals surface area contributed by atoms with Gasteiger partial charge >= 0.3 is 0 Å². The molecule has 0 saturated carbocycles. The van der Waals surface area contributed by atoms with Crippen molar-refractivity contribution in [2.24, 2.45) is 5.73 Å². The molecule has 1 heterocycles. The van der Waals surface area contributed by atoms with Crippen LogP contribution in [-0.2, 0) is 22.6 Å². The van der Waals surface area contributed by atoms with E-state index in [1.54, 1.807) is 24.3 Å². The maximum absolute atomic E-state index is 12.7. The molecule has 3 rings (SSSR count). The van der Waals surface area contributed by atoms with Crippen LogP contribution < -0.4 is 11.1 Å². The summed E-state index contributed by atoms with van der Waals surface area (Å²) >= 11 is 0. The molecule has 1 aliphatic heterocycles. The molecule has 0 radical (unpaired) electrons. The van der Waals surface area contributed by atoms with Crippen molar-refractivity contribution in [3.63, 3.8) is 0 Å². The molecule has 0 atom stereocenters. The minimum Gasteiger partial charge on any atom is -0.366 e. The number of likely N-dealkylation sites (N-methyl/N-ethyl adjacent to an activating group) is 1. The predicted octanol–water partition coefficient (Wildman–Crippen LogP) is 2.02. The third-order valence-corrected chi connectivity index (χ3v) is 5.40. The molecule has 30 heavy (non-hydrogen) atoms. The fourth-order valence-corrected chi connectivity index (χ4v) is 3.55. The van der Waals surface area contributed by atoms with Gasteiger partial charge in [0.05, 0.1) is 6.54 Å². The number of amides is 3. The molecule has 7 nitrogen and oxygen atoms in total. The van der Waals surface area contributed by atoms with Gasteiger partial charge in [0.25, 0.3) is 0 Å². The molecule has 0 bridgehead atoms. The molecule has 0 saturated heterocycles. The van der Waals surface area contributed by atoms with E-state index in [0.717, 1.165) is 13.0 Å². The number of carbonyl (C=O) groups is 3. The Balaban J connectivity index is 1.46. The van der Waals surface area contributed by atoms with E-state index in [4.69, 9.17) is 5.73 Å². The van der Waals surface area contributed by atoms with Gasteiger partial charge in [0.1, 0.15) is 0 Å². The Morgan fingerprint density at radius 1 is 1.07 bits per heavy atom. The number of rotatable bonds is 8. The van der Waals surface area contributed by atoms with E-state index in [2.05, 4.69) is 17.4 Å². The summed E-state index contributed by atoms with van der Waals surface area (Å²) in [5.41, 5.74) is 8.74. The molecule has 1 aliphatic rings. The number of carbonyl (C=O) groups excluding carboxylic acids is 3. The Morgan fingerprint density at radius 2 is 1.77 bits per heavy atom. The summed E-state index contributed by atoms with van der Waals surface area (Å²) in [4.78, 5) is 40.0. The molecule has 0 unspecified atom stereocenters. The van der Waals surface area contributed by atoms with Gasteiger partial charge in [0, 0.05) is 37.3 Å². The summed E-state index contributed by atoms with van der Waals surface area (Å²) in [5, 5.41) is 2.80. The first-order chi connectivity index (χ1) is 14.5. The van der Waals surface area contributed by atoms with Crippen molar-refractivity contribution in [1.82, 2.24) is 9.80 Å². The number of anilines is 1. The summed E-state index contributed by atoms with van der Waals surface area (Å²) < 4.78 is 0. The fraction of sp³-hybridized carbons (Fsp3) is 0.348. The molecular formula is C23H28N4O3. The van der Waals surface area contributed by atoms with E-state index < -0.39 is 5.91 Å². The van der Waals surface area contributed by atoms with Crippen molar-refractivity contribution in [3.05, 3.63) is 65.2 Å². The van der Waals surface area contributed by atoms with Crippen LogP contribution >= 0.6 is 0 Å². The van der Waals surface area contributed by atoms with Crippen LogP contribution in [0.2, 0.25) is 0 Å². The number of fused-ring (bicyclic) bond motifs is 1. The van der Waals surface area contributed by atoms with Crippen molar-refractivity contribution in [3.8, 4) is 0 Å². The Hall–Kier alpha value is -3.19. The fourth-order valence-electron chi connectivity index (χ4n) is 3.55. The highest BCUT2D eigenvalue weighted by Gasteiger charge is 2.22. The molecule has 0 spiro atoms. The first-order valence-corrected chi connectivity index (χ1v) is 10.2. The van der Waals surface area contributed by atoms with Gasteiger partial charge in [-0.3, -0.25) is 19.3 Å². The molecule has 0 aliphatic carbocycles. The van der Waals surface area contributed by atoms with Crippen LogP contribution in [0.1, 0.15) is 34.8 Å². The molecule has 2 aromatic carbocycles. The summed E-state index contributed by atoms with van der Waals surface area (Å²) in [7, 11) is 0. The van der Waals surface area contributed by atoms with Crippen LogP contribution in [0.3, 0.4) is 0 Å². The molecular weight excluding hydrogens is 380 g/mol. The van der Waals surface area contributed by atoms with Gasteiger partial charge in [-0.25, -0.2) is 0 Å². The van der Waals surface area contributed by atoms with Gasteiger partial charge in [-0.1, -0.05) is 31.2 Å². The minimum absolute atomic E-state index is 0.0915. The normalized spacial score (nSPS) is 13.1. The van der Waals surface area contributed by atoms with Crippen LogP contribution in [0, 0.1) is 0 Å². The maximum atomic E-state index is 12.7. The summed E-state index contributed by atoms with van der Waals surface area (Å²) in [6.45, 7) is 4.86. The molecule has 0 fully saturated rings. The molecule has 3 N–H and O–H groups in total. The van der Waals surface area contributed by atoms with Crippen LogP contribution in [0.4, 0.5) is 5.69 Å². The topological polar surface area (TPSA) is 95.7 Å². The van der Waals surface area contributed by atoms with Crippen molar-refractivity contribution >= 4 is 23.4 Å². The Bertz CT molecular complexity index is 911. The second-order valence-electron chi connectivity index (χ2n) is 7.44. The van der Waals surface area contributed by atoms with Crippen LogP contribution in [0.25, 0.3) is 0 Å². The number of hydrogen-bond acceptors (Lipinski definition) is 4. The number of nitrogens with two attached hydrogens (primary N) is 1. The van der Waals surface area contributed by atoms with Crippen LogP contribution in [0.15, 0.2) is 48.5 Å². The smallest absolute Gasteiger partial charge is 0.248 e. The zero-order valence-electron chi connectivity index (χ0n) is 17.3. The van der Waals surface area contributed by atoms with Crippen molar-refractivity contribution in [2.45, 2.75) is 26.3 Å². The van der Waals surface area contributed by atoms with Crippen LogP contribution in [-0.4, -0.2) is 53.7 Å². The number of nitrogens with one attached hydrogen (secondary N) is 1. The van der Waals surface area contributed by atoms with Gasteiger partial charge in [-0.15, -0.1) is 0 Å². The highest BCUT2D eigenvalue weighted by atomic mass is 16.2. The van der Waals surface area contributed by atoms with Crippen molar-refractivity contribution in [1.29, 1.82) is 0 Å². The monoisotopic (exact) mass is 408 g/mol. The average molecular weight is 409 g/mol. The minimum atomic E-state index is -0.506. The molecule has 0 aromatic heterocycles. The molecule has 158 valence electrons. The van der Waals surface area contributed by atoms with Crippen LogP contribution in [0.5, 0.6) is 0 Å². The molecule has 2 aromatic rings. The number of primary amides is 1. The van der Waals surface area contributed by atoms with Gasteiger partial charge in [0.15, 0.2) is 0 Å². The lowest BCUT2D eigenvalue weighted by molar-refractivity contribution is -0.133. The summed E-state index contributed by atoms with van der Waals surface area (Å²) in [6.07, 6.45) is 1.16. The zero-order valence-corrected chi connectivity index (χ0v) is 17.3. The Morgan fingerprint density at radius 3 is 2.43 bits per heavy atom. The van der Waals surface area contributed by atoms with Gasteiger partial charge in [0.2, 0.25) is 17.7 Å². The summed E-state index contributed by atoms with van der Waals surface area (Å²) in [5.74, 6) is -0.554. The standard InChI is InChI=1S/C23H28N4O3/c1-2-26(13-12-21(28)25-20-9-7-18(8-10-20)23(24)30)16-22(29)27-14-11-17-5-3-4-6-19(17)15-27/h3-10H,2,11-16H2,1H3,(H2,24,30)(H,25,28). The number of benzene rings is 2. The highest BCUT2D eigenvalue weighted by molar-refractivity contribution is 5.94. The molecule has 7 heteroatoms. The van der Waals surface area contributed by atoms with E-state index in [9.17, 15) is 14.4 Å². The number of nitrogens with zero attached hydrogens (tertiary/aromatic N) is 2. The predicted molar refractivity (Wildman–Crippen MR) is 116 cm³/mol. The molecule has 3 amide bonds. The van der Waals surface area contributed by atoms with E-state index >= 15 is 0 Å². The lowest BCUT2D eigenvalue weighted by Crippen LogP contribution is -2.43. The largest absolute Gasteiger partial charge is 0.366 e. The van der Waals surface area contributed by atoms with E-state index in [-0.39, 0.29) is 18.2 Å². The lowest BCUT2D eigenvalue weighted by atomic mass is 10.00. The van der Waals surface area contributed by atoms with E-state index in [1.165, 1.54) is 11.1 Å². The lowest BCUT2D eigenvalue weighted by Gasteiger charge is -2.31. The van der Waals surface area contributed by atoms with E-state index in [1.807, 2.05) is 28.9 Å². The van der Waals surface area contributed by atoms with Gasteiger partial charge in [-0.05, 0) is 48.4 Å². The summed E-state index contributed by atoms with van der Waals surface area (Å²) in [6, 6.07) is 14.7. The Labute approximate surface area is 176 Å². The van der Waals surface area contributed by atoms with Gasteiger partial charge in [-0.2, -0.15) is 0 Å². The first-order valence-electron chi connectivity index (χ1n) is 10.2.